The molecule has 1 N–H and O–H groups in total. The number of hydrogen-bond donors (Lipinski definition) is 1. The van der Waals surface area contributed by atoms with Crippen LogP contribution in [0.1, 0.15) is 0 Å². The van der Waals surface area contributed by atoms with Crippen molar-refractivity contribution in [3.05, 3.63) is 54.3 Å². The molecule has 4 rings (SSSR count). The number of ether oxygens (including phenoxy) is 2. The van der Waals surface area contributed by atoms with Crippen LogP contribution in [0, 0.1) is 5.82 Å². The molecule has 0 radical (unpaired) electrons. The molecule has 1 fully saturated rings. The lowest BCUT2D eigenvalue weighted by atomic mass is 10.2. The summed E-state index contributed by atoms with van der Waals surface area (Å²) in [4.78, 5) is 28.6. The van der Waals surface area contributed by atoms with Gasteiger partial charge in [-0.15, -0.1) is 0 Å². The quantitative estimate of drug-likeness (QED) is 0.848. The third-order valence-corrected chi connectivity index (χ3v) is 4.98. The molecule has 2 amide bonds. The van der Waals surface area contributed by atoms with Crippen LogP contribution in [0.4, 0.5) is 10.1 Å². The second-order valence-corrected chi connectivity index (χ2v) is 6.99. The molecule has 0 aromatic heterocycles. The predicted molar refractivity (Wildman–Crippen MR) is 104 cm³/mol. The molecule has 2 aromatic carbocycles. The van der Waals surface area contributed by atoms with Crippen LogP contribution >= 0.6 is 0 Å². The molecule has 0 aliphatic carbocycles. The number of anilines is 1. The molecule has 0 unspecified atom stereocenters. The fourth-order valence-corrected chi connectivity index (χ4v) is 3.43. The van der Waals surface area contributed by atoms with Crippen LogP contribution in [0.15, 0.2) is 48.5 Å². The Labute approximate surface area is 168 Å². The number of piperazine rings is 1. The minimum Gasteiger partial charge on any atom is -0.485 e. The molecule has 2 aromatic rings. The SMILES string of the molecule is O=C(CN1CCN(C(=O)[C@@H]2COc3ccccc3O2)CC1)Nc1ccccc1F. The zero-order valence-corrected chi connectivity index (χ0v) is 15.8. The van der Waals surface area contributed by atoms with E-state index < -0.39 is 11.9 Å². The zero-order valence-electron chi connectivity index (χ0n) is 15.8. The smallest absolute Gasteiger partial charge is 0.267 e. The number of carbonyl (C=O) groups excluding carboxylic acids is 2. The van der Waals surface area contributed by atoms with Crippen molar-refractivity contribution >= 4 is 17.5 Å². The van der Waals surface area contributed by atoms with Crippen LogP contribution in [0.2, 0.25) is 0 Å². The number of hydrogen-bond acceptors (Lipinski definition) is 5. The number of rotatable bonds is 4. The highest BCUT2D eigenvalue weighted by Gasteiger charge is 2.32. The van der Waals surface area contributed by atoms with Crippen LogP contribution in [0.3, 0.4) is 0 Å². The summed E-state index contributed by atoms with van der Waals surface area (Å²) in [5, 5.41) is 2.58. The van der Waals surface area contributed by atoms with Gasteiger partial charge in [0.2, 0.25) is 12.0 Å². The average Bonchev–Trinajstić information content (AvgIpc) is 2.75. The Hall–Kier alpha value is -3.13. The van der Waals surface area contributed by atoms with Crippen LogP contribution in [0.25, 0.3) is 0 Å². The van der Waals surface area contributed by atoms with Gasteiger partial charge in [-0.05, 0) is 24.3 Å². The molecule has 1 saturated heterocycles. The van der Waals surface area contributed by atoms with E-state index in [1.165, 1.54) is 12.1 Å². The first kappa shape index (κ1) is 19.2. The van der Waals surface area contributed by atoms with E-state index in [1.54, 1.807) is 29.2 Å². The molecular formula is C21H22FN3O4. The lowest BCUT2D eigenvalue weighted by Crippen LogP contribution is -2.54. The average molecular weight is 399 g/mol. The maximum absolute atomic E-state index is 13.6. The second-order valence-electron chi connectivity index (χ2n) is 6.99. The predicted octanol–water partition coefficient (Wildman–Crippen LogP) is 1.75. The fraction of sp³-hybridized carbons (Fsp3) is 0.333. The maximum Gasteiger partial charge on any atom is 0.267 e. The van der Waals surface area contributed by atoms with Crippen LogP contribution in [-0.2, 0) is 9.59 Å². The van der Waals surface area contributed by atoms with Crippen molar-refractivity contribution in [1.29, 1.82) is 0 Å². The van der Waals surface area contributed by atoms with Gasteiger partial charge in [0.25, 0.3) is 5.91 Å². The summed E-state index contributed by atoms with van der Waals surface area (Å²) in [6.07, 6.45) is -0.666. The zero-order chi connectivity index (χ0) is 20.2. The van der Waals surface area contributed by atoms with E-state index in [0.29, 0.717) is 37.7 Å². The summed E-state index contributed by atoms with van der Waals surface area (Å²) >= 11 is 0. The van der Waals surface area contributed by atoms with Gasteiger partial charge in [0.1, 0.15) is 12.4 Å². The Bertz CT molecular complexity index is 899. The number of nitrogens with zero attached hydrogens (tertiary/aromatic N) is 2. The molecular weight excluding hydrogens is 377 g/mol. The minimum absolute atomic E-state index is 0.116. The summed E-state index contributed by atoms with van der Waals surface area (Å²) in [6.45, 7) is 2.43. The molecule has 152 valence electrons. The van der Waals surface area contributed by atoms with Gasteiger partial charge in [-0.2, -0.15) is 0 Å². The van der Waals surface area contributed by atoms with E-state index in [1.807, 2.05) is 17.0 Å². The molecule has 0 saturated carbocycles. The van der Waals surface area contributed by atoms with Crippen molar-refractivity contribution in [3.63, 3.8) is 0 Å². The summed E-state index contributed by atoms with van der Waals surface area (Å²) < 4.78 is 25.1. The van der Waals surface area contributed by atoms with Gasteiger partial charge in [-0.3, -0.25) is 14.5 Å². The molecule has 2 heterocycles. The standard InChI is InChI=1S/C21H22FN3O4/c22-15-5-1-2-6-16(15)23-20(26)13-24-9-11-25(12-10-24)21(27)19-14-28-17-7-3-4-8-18(17)29-19/h1-8,19H,9-14H2,(H,23,26)/t19-/m0/s1. The van der Waals surface area contributed by atoms with Crippen molar-refractivity contribution in [2.75, 3.05) is 44.6 Å². The summed E-state index contributed by atoms with van der Waals surface area (Å²) in [7, 11) is 0. The molecule has 1 atom stereocenters. The second kappa shape index (κ2) is 8.48. The summed E-state index contributed by atoms with van der Waals surface area (Å²) in [5.74, 6) is 0.348. The number of para-hydroxylation sites is 3. The Morgan fingerprint density at radius 3 is 2.45 bits per heavy atom. The lowest BCUT2D eigenvalue weighted by Gasteiger charge is -2.36. The van der Waals surface area contributed by atoms with E-state index in [9.17, 15) is 14.0 Å². The van der Waals surface area contributed by atoms with E-state index in [2.05, 4.69) is 5.32 Å². The van der Waals surface area contributed by atoms with Gasteiger partial charge in [0, 0.05) is 26.2 Å². The number of carbonyl (C=O) groups is 2. The highest BCUT2D eigenvalue weighted by molar-refractivity contribution is 5.92. The molecule has 8 heteroatoms. The third kappa shape index (κ3) is 4.48. The van der Waals surface area contributed by atoms with E-state index >= 15 is 0 Å². The monoisotopic (exact) mass is 399 g/mol. The van der Waals surface area contributed by atoms with Crippen molar-refractivity contribution in [2.24, 2.45) is 0 Å². The number of fused-ring (bicyclic) bond motifs is 1. The largest absolute Gasteiger partial charge is 0.485 e. The van der Waals surface area contributed by atoms with Gasteiger partial charge in [-0.25, -0.2) is 4.39 Å². The minimum atomic E-state index is -0.666. The third-order valence-electron chi connectivity index (χ3n) is 4.98. The molecule has 29 heavy (non-hydrogen) atoms. The van der Waals surface area contributed by atoms with Crippen molar-refractivity contribution in [1.82, 2.24) is 9.80 Å². The highest BCUT2D eigenvalue weighted by atomic mass is 19.1. The number of nitrogens with one attached hydrogen (secondary N) is 1. The van der Waals surface area contributed by atoms with E-state index in [0.717, 1.165) is 0 Å². The molecule has 2 aliphatic heterocycles. The molecule has 0 spiro atoms. The van der Waals surface area contributed by atoms with Gasteiger partial charge in [0.05, 0.1) is 12.2 Å². The Kier molecular flexibility index (Phi) is 5.62. The summed E-state index contributed by atoms with van der Waals surface area (Å²) in [5.41, 5.74) is 0.168. The molecule has 2 aliphatic rings. The lowest BCUT2D eigenvalue weighted by molar-refractivity contribution is -0.143. The van der Waals surface area contributed by atoms with Crippen LogP contribution in [-0.4, -0.2) is 67.0 Å². The molecule has 0 bridgehead atoms. The number of halogens is 1. The Balaban J connectivity index is 1.26. The van der Waals surface area contributed by atoms with Crippen molar-refractivity contribution < 1.29 is 23.5 Å². The van der Waals surface area contributed by atoms with Crippen LogP contribution in [0.5, 0.6) is 11.5 Å². The van der Waals surface area contributed by atoms with Crippen LogP contribution < -0.4 is 14.8 Å². The van der Waals surface area contributed by atoms with E-state index in [-0.39, 0.29) is 30.7 Å². The first-order valence-electron chi connectivity index (χ1n) is 9.54. The first-order valence-corrected chi connectivity index (χ1v) is 9.54. The van der Waals surface area contributed by atoms with Crippen molar-refractivity contribution in [3.8, 4) is 11.5 Å². The normalized spacial score (nSPS) is 18.9. The fourth-order valence-electron chi connectivity index (χ4n) is 3.43. The highest BCUT2D eigenvalue weighted by Crippen LogP contribution is 2.31. The first-order chi connectivity index (χ1) is 14.1. The van der Waals surface area contributed by atoms with Gasteiger partial charge < -0.3 is 19.7 Å². The van der Waals surface area contributed by atoms with E-state index in [4.69, 9.17) is 9.47 Å². The number of amides is 2. The van der Waals surface area contributed by atoms with Crippen molar-refractivity contribution in [2.45, 2.75) is 6.10 Å². The summed E-state index contributed by atoms with van der Waals surface area (Å²) in [6, 6.07) is 13.3. The number of benzene rings is 2. The Morgan fingerprint density at radius 1 is 1.00 bits per heavy atom. The maximum atomic E-state index is 13.6. The van der Waals surface area contributed by atoms with Gasteiger partial charge >= 0.3 is 0 Å². The van der Waals surface area contributed by atoms with Gasteiger partial charge in [0.15, 0.2) is 11.5 Å². The Morgan fingerprint density at radius 2 is 1.69 bits per heavy atom. The topological polar surface area (TPSA) is 71.1 Å². The molecule has 7 nitrogen and oxygen atoms in total. The van der Waals surface area contributed by atoms with Gasteiger partial charge in [-0.1, -0.05) is 24.3 Å².